The van der Waals surface area contributed by atoms with Gasteiger partial charge in [0, 0.05) is 12.8 Å². The fourth-order valence-corrected chi connectivity index (χ4v) is 2.12. The highest BCUT2D eigenvalue weighted by molar-refractivity contribution is 5.79. The summed E-state index contributed by atoms with van der Waals surface area (Å²) in [4.78, 5) is 11.7. The van der Waals surface area contributed by atoms with Crippen LogP contribution >= 0.6 is 0 Å². The Labute approximate surface area is 127 Å². The Morgan fingerprint density at radius 2 is 1.15 bits per heavy atom. The van der Waals surface area contributed by atoms with Gasteiger partial charge in [-0.3, -0.25) is 4.79 Å². The van der Waals surface area contributed by atoms with Crippen LogP contribution in [-0.2, 0) is 4.79 Å². The summed E-state index contributed by atoms with van der Waals surface area (Å²) in [5, 5.41) is 0. The van der Waals surface area contributed by atoms with Gasteiger partial charge in [-0.15, -0.1) is 0 Å². The fourth-order valence-electron chi connectivity index (χ4n) is 2.12. The van der Waals surface area contributed by atoms with Crippen LogP contribution in [0, 0.1) is 11.8 Å². The van der Waals surface area contributed by atoms with Gasteiger partial charge in [0.05, 0.1) is 0 Å². The number of hydrogen-bond donors (Lipinski definition) is 0. The molecule has 2 unspecified atom stereocenters. The van der Waals surface area contributed by atoms with Crippen LogP contribution in [0.25, 0.3) is 0 Å². The van der Waals surface area contributed by atoms with Gasteiger partial charge >= 0.3 is 0 Å². The number of carbonyl (C=O) groups excluding carboxylic acids is 1. The first-order valence-corrected chi connectivity index (χ1v) is 8.53. The molecule has 0 N–H and O–H groups in total. The van der Waals surface area contributed by atoms with E-state index in [0.717, 1.165) is 12.8 Å². The summed E-state index contributed by atoms with van der Waals surface area (Å²) in [7, 11) is 0. The maximum atomic E-state index is 11.7. The Hall–Kier alpha value is -0.850. The summed E-state index contributed by atoms with van der Waals surface area (Å²) in [6.07, 6.45) is 15.1. The molecule has 1 heteroatoms. The summed E-state index contributed by atoms with van der Waals surface area (Å²) >= 11 is 0. The lowest BCUT2D eigenvalue weighted by atomic mass is 9.97. The number of ketones is 1. The molecule has 0 aliphatic heterocycles. The van der Waals surface area contributed by atoms with E-state index < -0.39 is 0 Å². The summed E-state index contributed by atoms with van der Waals surface area (Å²) in [5.74, 6) is 1.21. The molecule has 1 nitrogen and oxygen atoms in total. The molecule has 1 aliphatic rings. The Morgan fingerprint density at radius 3 is 1.50 bits per heavy atom. The van der Waals surface area contributed by atoms with Crippen LogP contribution in [0.15, 0.2) is 24.3 Å². The number of rotatable bonds is 0. The van der Waals surface area contributed by atoms with Gasteiger partial charge in [-0.05, 0) is 37.5 Å². The average Bonchev–Trinajstić information content (AvgIpc) is 2.46. The first-order valence-electron chi connectivity index (χ1n) is 8.53. The highest BCUT2D eigenvalue weighted by atomic mass is 16.1. The molecule has 0 spiro atoms. The normalized spacial score (nSPS) is 27.2. The largest absolute Gasteiger partial charge is 0.300 e. The van der Waals surface area contributed by atoms with E-state index in [-0.39, 0.29) is 0 Å². The molecule has 0 aromatic heterocycles. The molecule has 0 bridgehead atoms. The van der Waals surface area contributed by atoms with E-state index in [1.165, 1.54) is 12.8 Å². The molecule has 1 rings (SSSR count). The molecule has 0 fully saturated rings. The van der Waals surface area contributed by atoms with Crippen LogP contribution in [0.1, 0.15) is 80.1 Å². The molecule has 0 aromatic rings. The maximum Gasteiger partial charge on any atom is 0.134 e. The first-order chi connectivity index (χ1) is 9.68. The molecule has 2 atom stereocenters. The van der Waals surface area contributed by atoms with Crippen LogP contribution in [0.2, 0.25) is 0 Å². The first kappa shape index (κ1) is 21.4. The van der Waals surface area contributed by atoms with Gasteiger partial charge in [-0.2, -0.15) is 0 Å². The van der Waals surface area contributed by atoms with Crippen LogP contribution in [0.4, 0.5) is 0 Å². The zero-order valence-electron chi connectivity index (χ0n) is 14.6. The number of Topliss-reactive ketones (excluding diaryl/α,β-unsaturated/α-hetero) is 1. The van der Waals surface area contributed by atoms with Gasteiger partial charge in [-0.25, -0.2) is 0 Å². The van der Waals surface area contributed by atoms with Crippen LogP contribution in [0.3, 0.4) is 0 Å². The average molecular weight is 280 g/mol. The number of hydrogen-bond acceptors (Lipinski definition) is 1. The quantitative estimate of drug-likeness (QED) is 0.473. The van der Waals surface area contributed by atoms with E-state index in [1.54, 1.807) is 0 Å². The monoisotopic (exact) mass is 280 g/mol. The topological polar surface area (TPSA) is 17.1 Å². The van der Waals surface area contributed by atoms with Crippen LogP contribution in [-0.4, -0.2) is 5.78 Å². The molecular formula is C19H36O. The maximum absolute atomic E-state index is 11.7. The second-order valence-corrected chi connectivity index (χ2v) is 5.04. The molecule has 0 heterocycles. The molecule has 0 amide bonds. The van der Waals surface area contributed by atoms with Crippen LogP contribution < -0.4 is 0 Å². The third-order valence-electron chi connectivity index (χ3n) is 3.02. The van der Waals surface area contributed by atoms with Crippen molar-refractivity contribution in [1.82, 2.24) is 0 Å². The van der Waals surface area contributed by atoms with E-state index in [2.05, 4.69) is 38.2 Å². The van der Waals surface area contributed by atoms with Gasteiger partial charge in [0.25, 0.3) is 0 Å². The minimum absolute atomic E-state index is 0.397. The zero-order chi connectivity index (χ0) is 15.8. The summed E-state index contributed by atoms with van der Waals surface area (Å²) < 4.78 is 0. The van der Waals surface area contributed by atoms with Gasteiger partial charge in [-0.1, -0.05) is 65.8 Å². The molecule has 0 saturated heterocycles. The number of carbonyl (C=O) groups is 1. The van der Waals surface area contributed by atoms with Crippen molar-refractivity contribution >= 4 is 5.78 Å². The second-order valence-electron chi connectivity index (χ2n) is 5.04. The predicted molar refractivity (Wildman–Crippen MR) is 92.0 cm³/mol. The lowest BCUT2D eigenvalue weighted by molar-refractivity contribution is -0.120. The number of allylic oxidation sites excluding steroid dienone is 4. The van der Waals surface area contributed by atoms with E-state index in [9.17, 15) is 4.79 Å². The van der Waals surface area contributed by atoms with Crippen molar-refractivity contribution in [2.24, 2.45) is 11.8 Å². The Bertz CT molecular complexity index is 237. The van der Waals surface area contributed by atoms with E-state index in [4.69, 9.17) is 0 Å². The highest BCUT2D eigenvalue weighted by Crippen LogP contribution is 2.14. The molecular weight excluding hydrogens is 244 g/mol. The molecule has 118 valence electrons. The molecule has 1 aliphatic carbocycles. The van der Waals surface area contributed by atoms with Gasteiger partial charge in [0.15, 0.2) is 0 Å². The van der Waals surface area contributed by atoms with Crippen molar-refractivity contribution in [2.45, 2.75) is 80.1 Å². The molecule has 0 aromatic carbocycles. The third kappa shape index (κ3) is 13.6. The summed E-state index contributed by atoms with van der Waals surface area (Å²) in [6, 6.07) is 0. The van der Waals surface area contributed by atoms with Crippen molar-refractivity contribution in [2.75, 3.05) is 0 Å². The van der Waals surface area contributed by atoms with Crippen molar-refractivity contribution < 1.29 is 4.79 Å². The standard InChI is InChI=1S/C15H24O.2C2H6/c1-13-9-7-5-3-4-6-8-10-14(2)12-15(16)11-13;2*1-2/h7-10,13-14H,3-6,11-12H2,1-2H3;2*1-2H3/b9-7+,10-8+;;. The smallest absolute Gasteiger partial charge is 0.134 e. The van der Waals surface area contributed by atoms with Gasteiger partial charge in [0.1, 0.15) is 5.78 Å². The lowest BCUT2D eigenvalue weighted by Gasteiger charge is -2.08. The second kappa shape index (κ2) is 16.2. The highest BCUT2D eigenvalue weighted by Gasteiger charge is 2.09. The Kier molecular flexibility index (Phi) is 17.4. The van der Waals surface area contributed by atoms with Crippen molar-refractivity contribution in [3.63, 3.8) is 0 Å². The van der Waals surface area contributed by atoms with Crippen molar-refractivity contribution in [1.29, 1.82) is 0 Å². The van der Waals surface area contributed by atoms with E-state index in [1.807, 2.05) is 27.7 Å². The van der Waals surface area contributed by atoms with Gasteiger partial charge < -0.3 is 0 Å². The zero-order valence-corrected chi connectivity index (χ0v) is 14.6. The van der Waals surface area contributed by atoms with Crippen LogP contribution in [0.5, 0.6) is 0 Å². The van der Waals surface area contributed by atoms with Crippen molar-refractivity contribution in [3.8, 4) is 0 Å². The third-order valence-corrected chi connectivity index (χ3v) is 3.02. The molecule has 20 heavy (non-hydrogen) atoms. The minimum Gasteiger partial charge on any atom is -0.300 e. The van der Waals surface area contributed by atoms with E-state index in [0.29, 0.717) is 30.5 Å². The molecule has 0 saturated carbocycles. The van der Waals surface area contributed by atoms with Crippen molar-refractivity contribution in [3.05, 3.63) is 24.3 Å². The van der Waals surface area contributed by atoms with E-state index >= 15 is 0 Å². The summed E-state index contributed by atoms with van der Waals surface area (Å²) in [5.41, 5.74) is 0. The minimum atomic E-state index is 0.397. The predicted octanol–water partition coefficient (Wildman–Crippen LogP) is 6.35. The van der Waals surface area contributed by atoms with Gasteiger partial charge in [0.2, 0.25) is 0 Å². The fraction of sp³-hybridized carbons (Fsp3) is 0.737. The summed E-state index contributed by atoms with van der Waals surface area (Å²) in [6.45, 7) is 12.3. The molecule has 0 radical (unpaired) electrons. The Balaban J connectivity index is 0. The Morgan fingerprint density at radius 1 is 0.800 bits per heavy atom. The lowest BCUT2D eigenvalue weighted by Crippen LogP contribution is -2.07. The SMILES string of the molecule is CC.CC.CC1/C=C/CCCC/C=C/C(C)CC(=O)C1.